The first-order valence-electron chi connectivity index (χ1n) is 8.15. The molecule has 136 valence electrons. The van der Waals surface area contributed by atoms with Crippen molar-refractivity contribution in [1.82, 2.24) is 14.7 Å². The highest BCUT2D eigenvalue weighted by molar-refractivity contribution is 7.21. The number of imidazole rings is 1. The van der Waals surface area contributed by atoms with Crippen LogP contribution >= 0.6 is 22.9 Å². The maximum absolute atomic E-state index is 12.3. The van der Waals surface area contributed by atoms with Gasteiger partial charge in [-0.3, -0.25) is 9.59 Å². The second kappa shape index (κ2) is 7.38. The number of thiophene rings is 1. The lowest BCUT2D eigenvalue weighted by molar-refractivity contribution is -0.143. The van der Waals surface area contributed by atoms with Crippen LogP contribution in [0.3, 0.4) is 0 Å². The third kappa shape index (κ3) is 3.65. The number of carbonyl (C=O) groups excluding carboxylic acids is 2. The Kier molecular flexibility index (Phi) is 4.79. The van der Waals surface area contributed by atoms with Crippen molar-refractivity contribution in [3.05, 3.63) is 70.5 Å². The molecule has 0 aliphatic carbocycles. The van der Waals surface area contributed by atoms with Crippen LogP contribution in [0.2, 0.25) is 5.02 Å². The smallest absolute Gasteiger partial charge is 0.325 e. The minimum Gasteiger partial charge on any atom is -0.458 e. The number of carbonyl (C=O) groups is 2. The number of nitrogens with one attached hydrogen (secondary N) is 1. The van der Waals surface area contributed by atoms with E-state index in [1.165, 1.54) is 11.3 Å². The molecule has 0 saturated carbocycles. The van der Waals surface area contributed by atoms with Gasteiger partial charge in [0.2, 0.25) is 0 Å². The van der Waals surface area contributed by atoms with Crippen molar-refractivity contribution in [3.63, 3.8) is 0 Å². The number of esters is 1. The molecule has 1 amide bonds. The van der Waals surface area contributed by atoms with Gasteiger partial charge in [-0.15, -0.1) is 11.3 Å². The van der Waals surface area contributed by atoms with Crippen LogP contribution in [0.15, 0.2) is 54.9 Å². The maximum atomic E-state index is 12.3. The molecule has 8 heteroatoms. The Balaban J connectivity index is 1.34. The summed E-state index contributed by atoms with van der Waals surface area (Å²) in [6, 6.07) is 13.1. The van der Waals surface area contributed by atoms with E-state index < -0.39 is 11.9 Å². The largest absolute Gasteiger partial charge is 0.458 e. The van der Waals surface area contributed by atoms with Crippen LogP contribution in [-0.4, -0.2) is 27.8 Å². The normalized spacial score (nSPS) is 11.0. The number of ether oxygens (including phenoxy) is 1. The van der Waals surface area contributed by atoms with Gasteiger partial charge >= 0.3 is 5.97 Å². The summed E-state index contributed by atoms with van der Waals surface area (Å²) >= 11 is 7.56. The summed E-state index contributed by atoms with van der Waals surface area (Å²) in [5, 5.41) is 3.77. The van der Waals surface area contributed by atoms with Gasteiger partial charge < -0.3 is 14.5 Å². The molecule has 1 aromatic carbocycles. The number of aromatic nitrogens is 2. The Hall–Kier alpha value is -2.90. The molecule has 3 aromatic heterocycles. The molecule has 0 aliphatic rings. The molecule has 6 nitrogen and oxygen atoms in total. The fraction of sp³-hybridized carbons (Fsp3) is 0.105. The van der Waals surface area contributed by atoms with Crippen molar-refractivity contribution >= 4 is 50.5 Å². The lowest BCUT2D eigenvalue weighted by Crippen LogP contribution is -2.30. The van der Waals surface area contributed by atoms with Crippen LogP contribution in [-0.2, 0) is 16.1 Å². The zero-order valence-electron chi connectivity index (χ0n) is 14.0. The van der Waals surface area contributed by atoms with Gasteiger partial charge in [0.25, 0.3) is 5.91 Å². The quantitative estimate of drug-likeness (QED) is 0.519. The van der Waals surface area contributed by atoms with Crippen LogP contribution in [0, 0.1) is 0 Å². The number of nitrogens with zero attached hydrogens (tertiary/aromatic N) is 2. The van der Waals surface area contributed by atoms with Crippen molar-refractivity contribution in [2.75, 3.05) is 6.54 Å². The van der Waals surface area contributed by atoms with E-state index in [-0.39, 0.29) is 13.2 Å². The Labute approximate surface area is 163 Å². The number of amides is 1. The number of pyridine rings is 1. The summed E-state index contributed by atoms with van der Waals surface area (Å²) in [6.07, 6.45) is 3.65. The molecule has 3 heterocycles. The highest BCUT2D eigenvalue weighted by Gasteiger charge is 2.17. The average molecular weight is 400 g/mol. The lowest BCUT2D eigenvalue weighted by atomic mass is 10.2. The SMILES string of the molecule is O=C(CNC(=O)c1sc2ccccc2c1Cl)OCc1cn2ccccc2n1. The van der Waals surface area contributed by atoms with Gasteiger partial charge in [-0.2, -0.15) is 0 Å². The fourth-order valence-corrected chi connectivity index (χ4v) is 4.09. The van der Waals surface area contributed by atoms with Gasteiger partial charge in [-0.05, 0) is 18.2 Å². The van der Waals surface area contributed by atoms with Gasteiger partial charge in [-0.25, -0.2) is 4.98 Å². The van der Waals surface area contributed by atoms with Crippen LogP contribution in [0.1, 0.15) is 15.4 Å². The molecule has 0 saturated heterocycles. The fourth-order valence-electron chi connectivity index (χ4n) is 2.65. The van der Waals surface area contributed by atoms with Crippen LogP contribution in [0.5, 0.6) is 0 Å². The second-order valence-corrected chi connectivity index (χ2v) is 7.21. The van der Waals surface area contributed by atoms with E-state index in [1.54, 1.807) is 6.20 Å². The van der Waals surface area contributed by atoms with E-state index in [1.807, 2.05) is 53.1 Å². The Bertz CT molecular complexity index is 1120. The summed E-state index contributed by atoms with van der Waals surface area (Å²) in [4.78, 5) is 29.0. The average Bonchev–Trinajstić information content (AvgIpc) is 3.25. The first kappa shape index (κ1) is 17.5. The van der Waals surface area contributed by atoms with Gasteiger partial charge in [0, 0.05) is 22.5 Å². The summed E-state index contributed by atoms with van der Waals surface area (Å²) in [5.41, 5.74) is 1.41. The van der Waals surface area contributed by atoms with E-state index in [2.05, 4.69) is 10.3 Å². The zero-order chi connectivity index (χ0) is 18.8. The monoisotopic (exact) mass is 399 g/mol. The molecule has 0 fully saturated rings. The number of benzene rings is 1. The van der Waals surface area contributed by atoms with E-state index >= 15 is 0 Å². The summed E-state index contributed by atoms with van der Waals surface area (Å²) < 4.78 is 7.93. The number of hydrogen-bond acceptors (Lipinski definition) is 5. The van der Waals surface area contributed by atoms with Gasteiger partial charge in [-0.1, -0.05) is 35.9 Å². The highest BCUT2D eigenvalue weighted by Crippen LogP contribution is 2.34. The van der Waals surface area contributed by atoms with Gasteiger partial charge in [0.15, 0.2) is 0 Å². The van der Waals surface area contributed by atoms with Gasteiger partial charge in [0.05, 0.1) is 10.7 Å². The molecule has 0 unspecified atom stereocenters. The standard InChI is InChI=1S/C19H14ClN3O3S/c20-17-13-5-1-2-6-14(13)27-18(17)19(25)21-9-16(24)26-11-12-10-23-8-4-3-7-15(23)22-12/h1-8,10H,9,11H2,(H,21,25). The topological polar surface area (TPSA) is 72.7 Å². The Morgan fingerprint density at radius 3 is 2.81 bits per heavy atom. The Morgan fingerprint density at radius 1 is 1.19 bits per heavy atom. The van der Waals surface area contributed by atoms with E-state index in [4.69, 9.17) is 16.3 Å². The zero-order valence-corrected chi connectivity index (χ0v) is 15.6. The summed E-state index contributed by atoms with van der Waals surface area (Å²) in [5.74, 6) is -0.941. The molecular weight excluding hydrogens is 386 g/mol. The van der Waals surface area contributed by atoms with Crippen molar-refractivity contribution in [2.45, 2.75) is 6.61 Å². The number of fused-ring (bicyclic) bond motifs is 2. The highest BCUT2D eigenvalue weighted by atomic mass is 35.5. The van der Waals surface area contributed by atoms with Crippen molar-refractivity contribution in [3.8, 4) is 0 Å². The molecule has 0 bridgehead atoms. The third-order valence-corrected chi connectivity index (χ3v) is 5.60. The van der Waals surface area contributed by atoms with E-state index in [0.29, 0.717) is 15.6 Å². The Morgan fingerprint density at radius 2 is 2.00 bits per heavy atom. The first-order valence-corrected chi connectivity index (χ1v) is 9.35. The molecule has 0 radical (unpaired) electrons. The van der Waals surface area contributed by atoms with Crippen LogP contribution < -0.4 is 5.32 Å². The molecule has 0 atom stereocenters. The van der Waals surface area contributed by atoms with Crippen LogP contribution in [0.25, 0.3) is 15.7 Å². The predicted octanol–water partition coefficient (Wildman–Crippen LogP) is 3.68. The lowest BCUT2D eigenvalue weighted by Gasteiger charge is -2.04. The van der Waals surface area contributed by atoms with Crippen molar-refractivity contribution in [2.24, 2.45) is 0 Å². The predicted molar refractivity (Wildman–Crippen MR) is 104 cm³/mol. The van der Waals surface area contributed by atoms with Crippen molar-refractivity contribution in [1.29, 1.82) is 0 Å². The molecular formula is C19H14ClN3O3S. The van der Waals surface area contributed by atoms with Crippen LogP contribution in [0.4, 0.5) is 0 Å². The van der Waals surface area contributed by atoms with Gasteiger partial charge in [0.1, 0.15) is 23.7 Å². The number of hydrogen-bond donors (Lipinski definition) is 1. The number of halogens is 1. The molecule has 4 aromatic rings. The summed E-state index contributed by atoms with van der Waals surface area (Å²) in [6.45, 7) is -0.198. The van der Waals surface area contributed by atoms with E-state index in [0.717, 1.165) is 15.7 Å². The summed E-state index contributed by atoms with van der Waals surface area (Å²) in [7, 11) is 0. The first-order chi connectivity index (χ1) is 13.1. The number of rotatable bonds is 5. The minimum atomic E-state index is -0.544. The molecule has 1 N–H and O–H groups in total. The second-order valence-electron chi connectivity index (χ2n) is 5.78. The van der Waals surface area contributed by atoms with Crippen molar-refractivity contribution < 1.29 is 14.3 Å². The molecule has 0 aliphatic heterocycles. The minimum absolute atomic E-state index is 0.0417. The van der Waals surface area contributed by atoms with E-state index in [9.17, 15) is 9.59 Å². The molecule has 4 rings (SSSR count). The molecule has 0 spiro atoms. The third-order valence-electron chi connectivity index (χ3n) is 3.93. The maximum Gasteiger partial charge on any atom is 0.325 e. The molecule has 27 heavy (non-hydrogen) atoms.